The molecule has 0 aromatic heterocycles. The van der Waals surface area contributed by atoms with Crippen LogP contribution >= 0.6 is 0 Å². The summed E-state index contributed by atoms with van der Waals surface area (Å²) in [5.74, 6) is 3.55. The SMILES string of the molecule is C=C1C=C(C2CCC3(O)C2CCC2C3CCC3CC(OC4CCCC(C)O4)CCC32C)CO1.CC.CC1CCCC(OC2COC(O)CC2O)O1.CO.OC1COC(O)C(O)C1. The van der Waals surface area contributed by atoms with Crippen LogP contribution in [0.4, 0.5) is 0 Å². The summed E-state index contributed by atoms with van der Waals surface area (Å²) in [6.45, 7) is 15.8. The fourth-order valence-corrected chi connectivity index (χ4v) is 12.3. The molecule has 4 saturated heterocycles. The second-order valence-electron chi connectivity index (χ2n) is 19.4. The third-order valence-electron chi connectivity index (χ3n) is 15.5. The zero-order chi connectivity index (χ0) is 45.2. The Kier molecular flexibility index (Phi) is 20.0. The molecule has 5 heterocycles. The first-order valence-corrected chi connectivity index (χ1v) is 24.2. The molecule has 14 nitrogen and oxygen atoms in total. The lowest BCUT2D eigenvalue weighted by molar-refractivity contribution is -0.268. The summed E-state index contributed by atoms with van der Waals surface area (Å²) in [4.78, 5) is 0. The molecular formula is C48H84O14. The summed E-state index contributed by atoms with van der Waals surface area (Å²) in [5, 5.41) is 64.4. The molecule has 4 aliphatic carbocycles. The van der Waals surface area contributed by atoms with Crippen molar-refractivity contribution in [3.05, 3.63) is 24.0 Å². The summed E-state index contributed by atoms with van der Waals surface area (Å²) in [7, 11) is 1.00. The Labute approximate surface area is 371 Å². The maximum atomic E-state index is 12.2. The van der Waals surface area contributed by atoms with Crippen molar-refractivity contribution in [2.45, 2.75) is 217 Å². The summed E-state index contributed by atoms with van der Waals surface area (Å²) < 4.78 is 39.1. The Morgan fingerprint density at radius 2 is 1.34 bits per heavy atom. The van der Waals surface area contributed by atoms with Crippen molar-refractivity contribution in [2.24, 2.45) is 35.0 Å². The number of fused-ring (bicyclic) bond motifs is 5. The Balaban J connectivity index is 0.000000207. The molecule has 0 radical (unpaired) electrons. The third kappa shape index (κ3) is 12.8. The van der Waals surface area contributed by atoms with Gasteiger partial charge in [-0.1, -0.05) is 27.4 Å². The summed E-state index contributed by atoms with van der Waals surface area (Å²) >= 11 is 0. The van der Waals surface area contributed by atoms with Crippen molar-refractivity contribution in [1.29, 1.82) is 0 Å². The predicted molar refractivity (Wildman–Crippen MR) is 232 cm³/mol. The fourth-order valence-electron chi connectivity index (χ4n) is 12.3. The van der Waals surface area contributed by atoms with Gasteiger partial charge in [0.2, 0.25) is 0 Å². The molecule has 0 amide bonds. The highest BCUT2D eigenvalue weighted by Crippen LogP contribution is 2.66. The molecule has 62 heavy (non-hydrogen) atoms. The van der Waals surface area contributed by atoms with Crippen molar-refractivity contribution in [3.8, 4) is 0 Å². The fraction of sp³-hybridized carbons (Fsp3) is 0.917. The van der Waals surface area contributed by atoms with Crippen LogP contribution in [-0.2, 0) is 33.2 Å². The standard InChI is InChI=1S/C29H44O4.C11H20O5.C5H10O4.C2H6.CH4O/c1-18-5-4-6-27(32-18)33-22-11-13-28(3)21(16-22)7-8-26-25(28)10-9-24-23(12-14-29(24,26)30)20-15-19(2)31-17-20;1-7-3-2-4-11(15-7)16-9-6-14-10(13)5-8(9)12;6-3-1-4(7)5(8)9-2-3;2*1-2/h15,18,21-27,30H,2,4-14,16-17H2,1,3H3;7-13H,2-6H2,1H3;3-8H,1-2H2;1-2H3;2H,1H3. The van der Waals surface area contributed by atoms with Gasteiger partial charge in [0, 0.05) is 20.0 Å². The Hall–Kier alpha value is -1.24. The van der Waals surface area contributed by atoms with Crippen LogP contribution in [0.3, 0.4) is 0 Å². The van der Waals surface area contributed by atoms with Gasteiger partial charge in [0.15, 0.2) is 25.2 Å². The van der Waals surface area contributed by atoms with E-state index in [-0.39, 0.29) is 44.7 Å². The molecule has 18 unspecified atom stereocenters. The monoisotopic (exact) mass is 885 g/mol. The lowest BCUT2D eigenvalue weighted by Crippen LogP contribution is -2.59. The van der Waals surface area contributed by atoms with E-state index >= 15 is 0 Å². The molecule has 8 fully saturated rings. The summed E-state index contributed by atoms with van der Waals surface area (Å²) in [6.07, 6.45) is 15.6. The van der Waals surface area contributed by atoms with Gasteiger partial charge in [0.05, 0.1) is 49.3 Å². The highest BCUT2D eigenvalue weighted by molar-refractivity contribution is 5.28. The largest absolute Gasteiger partial charge is 0.490 e. The first-order valence-electron chi connectivity index (χ1n) is 24.2. The van der Waals surface area contributed by atoms with Gasteiger partial charge in [-0.15, -0.1) is 0 Å². The zero-order valence-electron chi connectivity index (χ0n) is 38.7. The van der Waals surface area contributed by atoms with Crippen LogP contribution in [0.15, 0.2) is 24.0 Å². The van der Waals surface area contributed by atoms with Crippen molar-refractivity contribution in [3.63, 3.8) is 0 Å². The average Bonchev–Trinajstić information content (AvgIpc) is 3.85. The Bertz CT molecular complexity index is 1380. The van der Waals surface area contributed by atoms with E-state index < -0.39 is 42.6 Å². The number of aliphatic hydroxyl groups is 7. The molecule has 0 aromatic carbocycles. The molecule has 5 aliphatic heterocycles. The molecule has 14 heteroatoms. The Morgan fingerprint density at radius 3 is 1.94 bits per heavy atom. The van der Waals surface area contributed by atoms with Gasteiger partial charge in [0.25, 0.3) is 0 Å². The van der Waals surface area contributed by atoms with Crippen molar-refractivity contribution in [2.75, 3.05) is 26.9 Å². The maximum absolute atomic E-state index is 12.2. The molecule has 0 bridgehead atoms. The van der Waals surface area contributed by atoms with Gasteiger partial charge in [-0.25, -0.2) is 0 Å². The second kappa shape index (κ2) is 24.0. The Morgan fingerprint density at radius 1 is 0.694 bits per heavy atom. The number of hydrogen-bond donors (Lipinski definition) is 7. The van der Waals surface area contributed by atoms with Crippen LogP contribution in [-0.4, -0.2) is 136 Å². The van der Waals surface area contributed by atoms with E-state index in [2.05, 4.69) is 31.2 Å². The molecule has 18 atom stereocenters. The van der Waals surface area contributed by atoms with Crippen LogP contribution in [0, 0.1) is 35.0 Å². The molecule has 0 aromatic rings. The lowest BCUT2D eigenvalue weighted by Gasteiger charge is -2.61. The summed E-state index contributed by atoms with van der Waals surface area (Å²) in [5.41, 5.74) is 1.26. The van der Waals surface area contributed by atoms with Crippen LogP contribution in [0.5, 0.6) is 0 Å². The van der Waals surface area contributed by atoms with Gasteiger partial charge < -0.3 is 68.9 Å². The van der Waals surface area contributed by atoms with E-state index in [1.807, 2.05) is 20.8 Å². The number of hydrogen-bond acceptors (Lipinski definition) is 14. The molecule has 9 rings (SSSR count). The minimum Gasteiger partial charge on any atom is -0.490 e. The zero-order valence-corrected chi connectivity index (χ0v) is 38.7. The van der Waals surface area contributed by atoms with Gasteiger partial charge in [-0.2, -0.15) is 0 Å². The van der Waals surface area contributed by atoms with Crippen molar-refractivity contribution >= 4 is 0 Å². The van der Waals surface area contributed by atoms with E-state index in [0.717, 1.165) is 70.2 Å². The highest BCUT2D eigenvalue weighted by Gasteiger charge is 2.63. The number of rotatable bonds is 5. The molecule has 9 aliphatic rings. The van der Waals surface area contributed by atoms with E-state index in [0.29, 0.717) is 47.9 Å². The third-order valence-corrected chi connectivity index (χ3v) is 15.5. The average molecular weight is 885 g/mol. The summed E-state index contributed by atoms with van der Waals surface area (Å²) in [6, 6.07) is 0. The number of allylic oxidation sites excluding steroid dienone is 1. The quantitative estimate of drug-likeness (QED) is 0.168. The van der Waals surface area contributed by atoms with Crippen LogP contribution < -0.4 is 0 Å². The van der Waals surface area contributed by atoms with Crippen molar-refractivity contribution in [1.82, 2.24) is 0 Å². The van der Waals surface area contributed by atoms with Crippen LogP contribution in [0.25, 0.3) is 0 Å². The predicted octanol–water partition coefficient (Wildman–Crippen LogP) is 5.61. The number of aliphatic hydroxyl groups excluding tert-OH is 6. The first-order chi connectivity index (χ1) is 29.7. The second-order valence-corrected chi connectivity index (χ2v) is 19.4. The molecule has 7 N–H and O–H groups in total. The van der Waals surface area contributed by atoms with E-state index in [4.69, 9.17) is 48.8 Å². The van der Waals surface area contributed by atoms with Gasteiger partial charge in [0.1, 0.15) is 24.6 Å². The first kappa shape index (κ1) is 51.7. The van der Waals surface area contributed by atoms with Crippen LogP contribution in [0.1, 0.15) is 144 Å². The normalized spacial score (nSPS) is 46.1. The lowest BCUT2D eigenvalue weighted by atomic mass is 9.46. The highest BCUT2D eigenvalue weighted by atomic mass is 16.7. The molecule has 360 valence electrons. The minimum absolute atomic E-state index is 0.0102. The van der Waals surface area contributed by atoms with Gasteiger partial charge in [-0.3, -0.25) is 0 Å². The van der Waals surface area contributed by atoms with E-state index in [1.54, 1.807) is 0 Å². The van der Waals surface area contributed by atoms with E-state index in [1.165, 1.54) is 50.5 Å². The van der Waals surface area contributed by atoms with E-state index in [9.17, 15) is 15.3 Å². The van der Waals surface area contributed by atoms with Gasteiger partial charge >= 0.3 is 0 Å². The smallest absolute Gasteiger partial charge is 0.181 e. The molecular weight excluding hydrogens is 801 g/mol. The molecule has 0 spiro atoms. The van der Waals surface area contributed by atoms with Gasteiger partial charge in [-0.05, 0) is 157 Å². The van der Waals surface area contributed by atoms with Crippen molar-refractivity contribution < 1.29 is 68.9 Å². The number of ether oxygens (including phenoxy) is 7. The maximum Gasteiger partial charge on any atom is 0.181 e. The minimum atomic E-state index is -1.12. The topological polar surface area (TPSA) is 206 Å². The molecule has 4 saturated carbocycles. The van der Waals surface area contributed by atoms with Crippen LogP contribution in [0.2, 0.25) is 0 Å².